The Morgan fingerprint density at radius 1 is 1.50 bits per heavy atom. The van der Waals surface area contributed by atoms with Gasteiger partial charge in [0, 0.05) is 6.04 Å². The largest absolute Gasteiger partial charge is 0.496 e. The smallest absolute Gasteiger partial charge is 0.133 e. The highest BCUT2D eigenvalue weighted by Gasteiger charge is 2.18. The molecule has 0 aliphatic heterocycles. The quantitative estimate of drug-likeness (QED) is 0.838. The van der Waals surface area contributed by atoms with Crippen LogP contribution in [-0.4, -0.2) is 7.11 Å². The molecule has 2 nitrogen and oxygen atoms in total. The zero-order valence-electron chi connectivity index (χ0n) is 8.22. The summed E-state index contributed by atoms with van der Waals surface area (Å²) in [5, 5.41) is 0. The summed E-state index contributed by atoms with van der Waals surface area (Å²) in [6.45, 7) is 0. The first-order chi connectivity index (χ1) is 6.72. The molecular formula is C11H14BrNO. The summed E-state index contributed by atoms with van der Waals surface area (Å²) in [5.74, 6) is 0.901. The number of benzene rings is 1. The number of aryl methyl sites for hydroxylation is 1. The molecular weight excluding hydrogens is 242 g/mol. The molecule has 1 aromatic carbocycles. The maximum atomic E-state index is 6.05. The summed E-state index contributed by atoms with van der Waals surface area (Å²) in [4.78, 5) is 0. The minimum Gasteiger partial charge on any atom is -0.496 e. The van der Waals surface area contributed by atoms with E-state index in [4.69, 9.17) is 10.5 Å². The maximum Gasteiger partial charge on any atom is 0.133 e. The number of rotatable bonds is 1. The fraction of sp³-hybridized carbons (Fsp3) is 0.455. The van der Waals surface area contributed by atoms with E-state index in [-0.39, 0.29) is 6.04 Å². The van der Waals surface area contributed by atoms with E-state index in [1.165, 1.54) is 17.5 Å². The van der Waals surface area contributed by atoms with Gasteiger partial charge in [0.05, 0.1) is 11.6 Å². The molecule has 0 bridgehead atoms. The topological polar surface area (TPSA) is 35.2 Å². The molecule has 1 aromatic rings. The summed E-state index contributed by atoms with van der Waals surface area (Å²) in [7, 11) is 1.69. The lowest BCUT2D eigenvalue weighted by atomic mass is 9.88. The average molecular weight is 256 g/mol. The van der Waals surface area contributed by atoms with Gasteiger partial charge in [0.15, 0.2) is 0 Å². The van der Waals surface area contributed by atoms with Crippen molar-refractivity contribution in [1.82, 2.24) is 0 Å². The van der Waals surface area contributed by atoms with E-state index in [1.54, 1.807) is 7.11 Å². The van der Waals surface area contributed by atoms with E-state index >= 15 is 0 Å². The average Bonchev–Trinajstić information content (AvgIpc) is 2.19. The molecule has 2 rings (SSSR count). The van der Waals surface area contributed by atoms with Crippen LogP contribution in [0, 0.1) is 0 Å². The third-order valence-corrected chi connectivity index (χ3v) is 3.39. The van der Waals surface area contributed by atoms with E-state index in [2.05, 4.69) is 28.1 Å². The molecule has 1 unspecified atom stereocenters. The highest BCUT2D eigenvalue weighted by atomic mass is 79.9. The fourth-order valence-corrected chi connectivity index (χ4v) is 2.52. The molecule has 0 amide bonds. The lowest BCUT2D eigenvalue weighted by Gasteiger charge is -2.23. The van der Waals surface area contributed by atoms with Crippen LogP contribution in [0.2, 0.25) is 0 Å². The van der Waals surface area contributed by atoms with Crippen molar-refractivity contribution in [3.63, 3.8) is 0 Å². The minimum atomic E-state index is 0.195. The van der Waals surface area contributed by atoms with Crippen LogP contribution >= 0.6 is 15.9 Å². The highest BCUT2D eigenvalue weighted by molar-refractivity contribution is 9.10. The van der Waals surface area contributed by atoms with Crippen molar-refractivity contribution in [2.24, 2.45) is 5.73 Å². The van der Waals surface area contributed by atoms with Gasteiger partial charge >= 0.3 is 0 Å². The third-order valence-electron chi connectivity index (χ3n) is 2.77. The van der Waals surface area contributed by atoms with Crippen LogP contribution in [0.4, 0.5) is 0 Å². The van der Waals surface area contributed by atoms with Crippen molar-refractivity contribution < 1.29 is 4.74 Å². The number of halogens is 1. The van der Waals surface area contributed by atoms with E-state index in [1.807, 2.05) is 0 Å². The predicted octanol–water partition coefficient (Wildman–Crippen LogP) is 2.79. The Balaban J connectivity index is 2.48. The molecule has 0 spiro atoms. The first-order valence-electron chi connectivity index (χ1n) is 4.84. The van der Waals surface area contributed by atoms with Crippen molar-refractivity contribution >= 4 is 15.9 Å². The van der Waals surface area contributed by atoms with Gasteiger partial charge in [-0.15, -0.1) is 0 Å². The summed E-state index contributed by atoms with van der Waals surface area (Å²) in [6, 6.07) is 4.39. The Hall–Kier alpha value is -0.540. The first kappa shape index (κ1) is 9.99. The number of hydrogen-bond acceptors (Lipinski definition) is 2. The maximum absolute atomic E-state index is 6.05. The van der Waals surface area contributed by atoms with Crippen molar-refractivity contribution in [1.29, 1.82) is 0 Å². The minimum absolute atomic E-state index is 0.195. The zero-order valence-corrected chi connectivity index (χ0v) is 9.80. The van der Waals surface area contributed by atoms with Crippen LogP contribution < -0.4 is 10.5 Å². The summed E-state index contributed by atoms with van der Waals surface area (Å²) in [5.41, 5.74) is 8.65. The standard InChI is InChI=1S/C11H14BrNO/c1-14-11-5-7-3-2-4-10(13)8(7)6-9(11)12/h5-6,10H,2-4,13H2,1H3. The second-order valence-electron chi connectivity index (χ2n) is 3.68. The molecule has 0 aromatic heterocycles. The van der Waals surface area contributed by atoms with Crippen molar-refractivity contribution in [2.75, 3.05) is 7.11 Å². The molecule has 0 heterocycles. The van der Waals surface area contributed by atoms with Crippen LogP contribution in [0.1, 0.15) is 30.0 Å². The number of methoxy groups -OCH3 is 1. The van der Waals surface area contributed by atoms with Crippen molar-refractivity contribution in [2.45, 2.75) is 25.3 Å². The van der Waals surface area contributed by atoms with Crippen molar-refractivity contribution in [3.8, 4) is 5.75 Å². The molecule has 0 fully saturated rings. The van der Waals surface area contributed by atoms with E-state index in [0.29, 0.717) is 0 Å². The van der Waals surface area contributed by atoms with Gasteiger partial charge in [-0.05, 0) is 58.5 Å². The van der Waals surface area contributed by atoms with Crippen LogP contribution in [0.15, 0.2) is 16.6 Å². The van der Waals surface area contributed by atoms with Crippen LogP contribution in [0.3, 0.4) is 0 Å². The van der Waals surface area contributed by atoms with Gasteiger partial charge in [-0.2, -0.15) is 0 Å². The molecule has 0 saturated carbocycles. The summed E-state index contributed by atoms with van der Waals surface area (Å²) in [6.07, 6.45) is 3.39. The second-order valence-corrected chi connectivity index (χ2v) is 4.54. The lowest BCUT2D eigenvalue weighted by Crippen LogP contribution is -2.17. The molecule has 0 radical (unpaired) electrons. The van der Waals surface area contributed by atoms with Gasteiger partial charge < -0.3 is 10.5 Å². The van der Waals surface area contributed by atoms with Gasteiger partial charge in [-0.3, -0.25) is 0 Å². The molecule has 0 saturated heterocycles. The Bertz CT molecular complexity index is 351. The number of fused-ring (bicyclic) bond motifs is 1. The summed E-state index contributed by atoms with van der Waals surface area (Å²) < 4.78 is 6.25. The Morgan fingerprint density at radius 3 is 3.00 bits per heavy atom. The Kier molecular flexibility index (Phi) is 2.79. The van der Waals surface area contributed by atoms with Gasteiger partial charge in [0.25, 0.3) is 0 Å². The van der Waals surface area contributed by atoms with Crippen LogP contribution in [0.5, 0.6) is 5.75 Å². The van der Waals surface area contributed by atoms with E-state index in [0.717, 1.165) is 23.1 Å². The van der Waals surface area contributed by atoms with Gasteiger partial charge in [0.2, 0.25) is 0 Å². The first-order valence-corrected chi connectivity index (χ1v) is 5.63. The van der Waals surface area contributed by atoms with Crippen molar-refractivity contribution in [3.05, 3.63) is 27.7 Å². The molecule has 1 aliphatic rings. The SMILES string of the molecule is COc1cc2c(cc1Br)C(N)CCC2. The molecule has 1 atom stereocenters. The third kappa shape index (κ3) is 1.66. The zero-order chi connectivity index (χ0) is 10.1. The molecule has 3 heteroatoms. The predicted molar refractivity (Wildman–Crippen MR) is 60.6 cm³/mol. The number of nitrogens with two attached hydrogens (primary N) is 1. The lowest BCUT2D eigenvalue weighted by molar-refractivity contribution is 0.410. The molecule has 1 aliphatic carbocycles. The van der Waals surface area contributed by atoms with E-state index in [9.17, 15) is 0 Å². The monoisotopic (exact) mass is 255 g/mol. The highest BCUT2D eigenvalue weighted by Crippen LogP contribution is 2.35. The Morgan fingerprint density at radius 2 is 2.29 bits per heavy atom. The normalized spacial score (nSPS) is 20.4. The van der Waals surface area contributed by atoms with E-state index < -0.39 is 0 Å². The molecule has 2 N–H and O–H groups in total. The second kappa shape index (κ2) is 3.91. The fourth-order valence-electron chi connectivity index (χ4n) is 2.00. The number of ether oxygens (including phenoxy) is 1. The van der Waals surface area contributed by atoms with Gasteiger partial charge in [-0.25, -0.2) is 0 Å². The van der Waals surface area contributed by atoms with Gasteiger partial charge in [-0.1, -0.05) is 0 Å². The van der Waals surface area contributed by atoms with Crippen LogP contribution in [-0.2, 0) is 6.42 Å². The summed E-state index contributed by atoms with van der Waals surface area (Å²) >= 11 is 3.48. The Labute approximate surface area is 92.6 Å². The number of hydrogen-bond donors (Lipinski definition) is 1. The van der Waals surface area contributed by atoms with Gasteiger partial charge in [0.1, 0.15) is 5.75 Å². The molecule has 14 heavy (non-hydrogen) atoms. The molecule has 76 valence electrons. The van der Waals surface area contributed by atoms with Crippen LogP contribution in [0.25, 0.3) is 0 Å².